The van der Waals surface area contributed by atoms with E-state index in [-0.39, 0.29) is 17.6 Å². The van der Waals surface area contributed by atoms with E-state index in [0.29, 0.717) is 27.3 Å². The van der Waals surface area contributed by atoms with Crippen LogP contribution in [0.4, 0.5) is 0 Å². The molecular weight excluding hydrogens is 416 g/mol. The minimum Gasteiger partial charge on any atom is -0.488 e. The summed E-state index contributed by atoms with van der Waals surface area (Å²) in [6.45, 7) is 0.281. The molecule has 6 nitrogen and oxygen atoms in total. The smallest absolute Gasteiger partial charge is 0.275 e. The number of ether oxygens (including phenoxy) is 1. The molecule has 0 fully saturated rings. The SMILES string of the molecule is O=C(N/N=C/c1coc2ccccc2c1=O)c1ccccc1OCc1ccc(Cl)cc1. The average molecular weight is 433 g/mol. The Labute approximate surface area is 182 Å². The molecule has 0 atom stereocenters. The maximum atomic E-state index is 12.6. The molecule has 1 heterocycles. The van der Waals surface area contributed by atoms with Crippen LogP contribution >= 0.6 is 11.6 Å². The lowest BCUT2D eigenvalue weighted by atomic mass is 10.2. The second-order valence-electron chi connectivity index (χ2n) is 6.63. The van der Waals surface area contributed by atoms with Gasteiger partial charge in [0.2, 0.25) is 5.43 Å². The van der Waals surface area contributed by atoms with Gasteiger partial charge in [-0.05, 0) is 42.0 Å². The Kier molecular flexibility index (Phi) is 6.10. The van der Waals surface area contributed by atoms with Crippen LogP contribution in [-0.4, -0.2) is 12.1 Å². The van der Waals surface area contributed by atoms with Gasteiger partial charge >= 0.3 is 0 Å². The molecule has 0 spiro atoms. The van der Waals surface area contributed by atoms with E-state index in [4.69, 9.17) is 20.8 Å². The summed E-state index contributed by atoms with van der Waals surface area (Å²) in [6.07, 6.45) is 2.57. The van der Waals surface area contributed by atoms with Crippen LogP contribution in [0.5, 0.6) is 5.75 Å². The van der Waals surface area contributed by atoms with E-state index in [1.807, 2.05) is 12.1 Å². The Morgan fingerprint density at radius 1 is 1.03 bits per heavy atom. The Bertz CT molecular complexity index is 1310. The zero-order valence-electron chi connectivity index (χ0n) is 16.2. The van der Waals surface area contributed by atoms with Crippen molar-refractivity contribution in [2.45, 2.75) is 6.61 Å². The zero-order valence-corrected chi connectivity index (χ0v) is 17.0. The van der Waals surface area contributed by atoms with E-state index >= 15 is 0 Å². The van der Waals surface area contributed by atoms with Crippen LogP contribution in [0.15, 0.2) is 93.4 Å². The number of nitrogens with zero attached hydrogens (tertiary/aromatic N) is 1. The van der Waals surface area contributed by atoms with Gasteiger partial charge in [0.15, 0.2) is 0 Å². The van der Waals surface area contributed by atoms with Crippen LogP contribution in [0.25, 0.3) is 11.0 Å². The molecule has 0 aliphatic heterocycles. The first-order valence-electron chi connectivity index (χ1n) is 9.42. The van der Waals surface area contributed by atoms with Crippen molar-refractivity contribution in [3.05, 3.63) is 111 Å². The van der Waals surface area contributed by atoms with Gasteiger partial charge in [-0.3, -0.25) is 9.59 Å². The van der Waals surface area contributed by atoms with Crippen molar-refractivity contribution in [3.63, 3.8) is 0 Å². The van der Waals surface area contributed by atoms with E-state index in [1.165, 1.54) is 12.5 Å². The van der Waals surface area contributed by atoms with Crippen LogP contribution in [0.2, 0.25) is 5.02 Å². The highest BCUT2D eigenvalue weighted by Gasteiger charge is 2.12. The van der Waals surface area contributed by atoms with Crippen molar-refractivity contribution in [3.8, 4) is 5.75 Å². The molecule has 0 unspecified atom stereocenters. The van der Waals surface area contributed by atoms with Crippen LogP contribution in [0, 0.1) is 0 Å². The monoisotopic (exact) mass is 432 g/mol. The van der Waals surface area contributed by atoms with Crippen LogP contribution in [-0.2, 0) is 6.61 Å². The van der Waals surface area contributed by atoms with Gasteiger partial charge < -0.3 is 9.15 Å². The Hall–Kier alpha value is -3.90. The Morgan fingerprint density at radius 2 is 1.77 bits per heavy atom. The zero-order chi connectivity index (χ0) is 21.6. The number of fused-ring (bicyclic) bond motifs is 1. The third kappa shape index (κ3) is 4.82. The first-order valence-corrected chi connectivity index (χ1v) is 9.80. The molecule has 1 aromatic heterocycles. The summed E-state index contributed by atoms with van der Waals surface area (Å²) in [5.74, 6) is -0.0523. The summed E-state index contributed by atoms with van der Waals surface area (Å²) >= 11 is 5.89. The third-order valence-corrected chi connectivity index (χ3v) is 4.77. The van der Waals surface area contributed by atoms with E-state index in [1.54, 1.807) is 60.7 Å². The van der Waals surface area contributed by atoms with E-state index in [0.717, 1.165) is 5.56 Å². The normalized spacial score (nSPS) is 11.0. The Balaban J connectivity index is 1.46. The van der Waals surface area contributed by atoms with Crippen molar-refractivity contribution in [1.29, 1.82) is 0 Å². The van der Waals surface area contributed by atoms with Gasteiger partial charge in [-0.25, -0.2) is 5.43 Å². The maximum Gasteiger partial charge on any atom is 0.275 e. The predicted octanol–water partition coefficient (Wildman–Crippen LogP) is 4.79. The van der Waals surface area contributed by atoms with Crippen molar-refractivity contribution < 1.29 is 13.9 Å². The lowest BCUT2D eigenvalue weighted by molar-refractivity contribution is 0.0950. The van der Waals surface area contributed by atoms with Gasteiger partial charge in [-0.2, -0.15) is 5.10 Å². The molecule has 4 aromatic rings. The van der Waals surface area contributed by atoms with Crippen molar-refractivity contribution in [2.75, 3.05) is 0 Å². The minimum absolute atomic E-state index is 0.228. The molecule has 0 aliphatic carbocycles. The van der Waals surface area contributed by atoms with E-state index in [9.17, 15) is 9.59 Å². The Morgan fingerprint density at radius 3 is 2.61 bits per heavy atom. The van der Waals surface area contributed by atoms with Gasteiger partial charge in [0.05, 0.1) is 22.7 Å². The van der Waals surface area contributed by atoms with Crippen molar-refractivity contribution >= 4 is 34.7 Å². The molecule has 0 aliphatic rings. The standard InChI is InChI=1S/C24H17ClN2O4/c25-18-11-9-16(10-12-18)14-30-22-8-4-2-6-20(22)24(29)27-26-13-17-15-31-21-7-3-1-5-19(21)23(17)28/h1-13,15H,14H2,(H,27,29)/b26-13+. The first kappa shape index (κ1) is 20.4. The van der Waals surface area contributed by atoms with Crippen molar-refractivity contribution in [2.24, 2.45) is 5.10 Å². The number of benzene rings is 3. The molecule has 1 amide bonds. The fraction of sp³-hybridized carbons (Fsp3) is 0.0417. The summed E-state index contributed by atoms with van der Waals surface area (Å²) in [4.78, 5) is 25.1. The molecule has 1 N–H and O–H groups in total. The quantitative estimate of drug-likeness (QED) is 0.351. The number of carbonyl (C=O) groups excluding carboxylic acids is 1. The number of carbonyl (C=O) groups is 1. The second kappa shape index (κ2) is 9.28. The fourth-order valence-corrected chi connectivity index (χ4v) is 3.05. The molecule has 0 saturated heterocycles. The van der Waals surface area contributed by atoms with Crippen molar-refractivity contribution in [1.82, 2.24) is 5.43 Å². The van der Waals surface area contributed by atoms with E-state index in [2.05, 4.69) is 10.5 Å². The molecule has 0 saturated carbocycles. The number of para-hydroxylation sites is 2. The van der Waals surface area contributed by atoms with Crippen LogP contribution in [0.1, 0.15) is 21.5 Å². The number of amides is 1. The summed E-state index contributed by atoms with van der Waals surface area (Å²) in [6, 6.07) is 21.0. The highest BCUT2D eigenvalue weighted by molar-refractivity contribution is 6.30. The number of hydrogen-bond acceptors (Lipinski definition) is 5. The van der Waals surface area contributed by atoms with Crippen LogP contribution < -0.4 is 15.6 Å². The number of hydrogen-bond donors (Lipinski definition) is 1. The van der Waals surface area contributed by atoms with Gasteiger partial charge in [0.25, 0.3) is 5.91 Å². The summed E-state index contributed by atoms with van der Waals surface area (Å²) in [5, 5.41) is 4.98. The lowest BCUT2D eigenvalue weighted by Crippen LogP contribution is -2.19. The van der Waals surface area contributed by atoms with Gasteiger partial charge in [-0.15, -0.1) is 0 Å². The molecule has 154 valence electrons. The second-order valence-corrected chi connectivity index (χ2v) is 7.06. The number of rotatable bonds is 6. The first-order chi connectivity index (χ1) is 15.1. The fourth-order valence-electron chi connectivity index (χ4n) is 2.92. The largest absolute Gasteiger partial charge is 0.488 e. The highest BCUT2D eigenvalue weighted by Crippen LogP contribution is 2.20. The summed E-state index contributed by atoms with van der Waals surface area (Å²) in [5.41, 5.74) is 4.14. The molecule has 3 aromatic carbocycles. The summed E-state index contributed by atoms with van der Waals surface area (Å²) in [7, 11) is 0. The molecular formula is C24H17ClN2O4. The molecule has 0 radical (unpaired) electrons. The van der Waals surface area contributed by atoms with Gasteiger partial charge in [0, 0.05) is 5.02 Å². The van der Waals surface area contributed by atoms with Gasteiger partial charge in [0.1, 0.15) is 24.2 Å². The van der Waals surface area contributed by atoms with Crippen LogP contribution in [0.3, 0.4) is 0 Å². The molecule has 0 bridgehead atoms. The minimum atomic E-state index is -0.465. The molecule has 7 heteroatoms. The number of nitrogens with one attached hydrogen (secondary N) is 1. The average Bonchev–Trinajstić information content (AvgIpc) is 2.80. The topological polar surface area (TPSA) is 80.9 Å². The number of hydrazone groups is 1. The molecule has 31 heavy (non-hydrogen) atoms. The predicted molar refractivity (Wildman–Crippen MR) is 120 cm³/mol. The van der Waals surface area contributed by atoms with Gasteiger partial charge in [-0.1, -0.05) is 48.0 Å². The highest BCUT2D eigenvalue weighted by atomic mass is 35.5. The number of halogens is 1. The van der Waals surface area contributed by atoms with E-state index < -0.39 is 5.91 Å². The molecule has 4 rings (SSSR count). The third-order valence-electron chi connectivity index (χ3n) is 4.52. The summed E-state index contributed by atoms with van der Waals surface area (Å²) < 4.78 is 11.2. The maximum absolute atomic E-state index is 12.6. The lowest BCUT2D eigenvalue weighted by Gasteiger charge is -2.10.